The number of fused-ring (bicyclic) bond motifs is 1. The first-order chi connectivity index (χ1) is 11.6. The Morgan fingerprint density at radius 3 is 2.88 bits per heavy atom. The Bertz CT molecular complexity index is 652. The first-order valence-corrected chi connectivity index (χ1v) is 8.21. The van der Waals surface area contributed by atoms with Crippen LogP contribution >= 0.6 is 0 Å². The van der Waals surface area contributed by atoms with Crippen LogP contribution in [-0.2, 0) is 6.42 Å². The van der Waals surface area contributed by atoms with E-state index in [1.54, 1.807) is 6.07 Å². The molecule has 0 aliphatic carbocycles. The highest BCUT2D eigenvalue weighted by Gasteiger charge is 2.25. The zero-order valence-electron chi connectivity index (χ0n) is 13.9. The van der Waals surface area contributed by atoms with E-state index in [2.05, 4.69) is 16.7 Å². The summed E-state index contributed by atoms with van der Waals surface area (Å²) in [5.74, 6) is 5.35. The Hall–Kier alpha value is -2.10. The van der Waals surface area contributed by atoms with Crippen LogP contribution in [0.1, 0.15) is 30.9 Å². The Balaban J connectivity index is 1.96. The molecule has 1 amide bonds. The molecule has 1 aromatic rings. The summed E-state index contributed by atoms with van der Waals surface area (Å²) in [6.07, 6.45) is 1.04. The second-order valence-corrected chi connectivity index (χ2v) is 5.71. The lowest BCUT2D eigenvalue weighted by Gasteiger charge is -2.17. The van der Waals surface area contributed by atoms with E-state index in [0.29, 0.717) is 37.2 Å². The number of aliphatic hydroxyl groups is 1. The van der Waals surface area contributed by atoms with E-state index in [0.717, 1.165) is 30.0 Å². The van der Waals surface area contributed by atoms with Crippen molar-refractivity contribution in [3.8, 4) is 11.8 Å². The van der Waals surface area contributed by atoms with Crippen LogP contribution in [0.3, 0.4) is 0 Å². The van der Waals surface area contributed by atoms with E-state index < -0.39 is 11.9 Å². The summed E-state index contributed by atoms with van der Waals surface area (Å²) < 4.78 is 14.1. The molecule has 2 rings (SSSR count). The molecule has 24 heavy (non-hydrogen) atoms. The Morgan fingerprint density at radius 2 is 2.21 bits per heavy atom. The Morgan fingerprint density at radius 1 is 1.42 bits per heavy atom. The number of nitrogens with zero attached hydrogens (tertiary/aromatic N) is 2. The highest BCUT2D eigenvalue weighted by Crippen LogP contribution is 2.30. The maximum absolute atomic E-state index is 14.1. The number of carbonyl (C=O) groups is 1. The standard InChI is InChI=1S/C18H23FN2O3/c1-2-20(10-11-22)8-5-3-4-6-14-12-15-7-9-21(18(23)24)17(15)13-16(14)19/h12-13,22H,2-3,5,7-11H2,1H3,(H,23,24). The summed E-state index contributed by atoms with van der Waals surface area (Å²) in [6, 6.07) is 2.92. The van der Waals surface area contributed by atoms with Crippen LogP contribution < -0.4 is 4.90 Å². The molecule has 0 saturated carbocycles. The number of amides is 1. The number of rotatable bonds is 6. The lowest BCUT2D eigenvalue weighted by atomic mass is 10.1. The van der Waals surface area contributed by atoms with E-state index >= 15 is 0 Å². The van der Waals surface area contributed by atoms with Gasteiger partial charge in [-0.1, -0.05) is 18.8 Å². The minimum atomic E-state index is -1.06. The average Bonchev–Trinajstić information content (AvgIpc) is 2.96. The van der Waals surface area contributed by atoms with Crippen LogP contribution in [0.2, 0.25) is 0 Å². The number of likely N-dealkylation sites (N-methyl/N-ethyl adjacent to an activating group) is 1. The molecule has 0 fully saturated rings. The fourth-order valence-corrected chi connectivity index (χ4v) is 2.82. The van der Waals surface area contributed by atoms with Crippen molar-refractivity contribution in [2.75, 3.05) is 37.7 Å². The number of hydrogen-bond donors (Lipinski definition) is 2. The minimum Gasteiger partial charge on any atom is -0.465 e. The van der Waals surface area contributed by atoms with Crippen LogP contribution in [0.4, 0.5) is 14.9 Å². The Labute approximate surface area is 141 Å². The molecule has 5 nitrogen and oxygen atoms in total. The minimum absolute atomic E-state index is 0.146. The topological polar surface area (TPSA) is 64.0 Å². The summed E-state index contributed by atoms with van der Waals surface area (Å²) in [5.41, 5.74) is 1.57. The molecular weight excluding hydrogens is 311 g/mol. The normalized spacial score (nSPS) is 12.9. The van der Waals surface area contributed by atoms with Gasteiger partial charge in [0.25, 0.3) is 0 Å². The van der Waals surface area contributed by atoms with Crippen molar-refractivity contribution < 1.29 is 19.4 Å². The fourth-order valence-electron chi connectivity index (χ4n) is 2.82. The quantitative estimate of drug-likeness (QED) is 0.619. The van der Waals surface area contributed by atoms with Crippen molar-refractivity contribution in [2.45, 2.75) is 26.2 Å². The van der Waals surface area contributed by atoms with E-state index in [9.17, 15) is 9.18 Å². The van der Waals surface area contributed by atoms with Gasteiger partial charge in [0.05, 0.1) is 17.9 Å². The average molecular weight is 334 g/mol. The zero-order valence-corrected chi connectivity index (χ0v) is 13.9. The number of benzene rings is 1. The number of carboxylic acid groups (broad SMARTS) is 1. The molecule has 1 aliphatic rings. The molecule has 130 valence electrons. The number of aliphatic hydroxyl groups excluding tert-OH is 1. The lowest BCUT2D eigenvalue weighted by Crippen LogP contribution is -2.27. The van der Waals surface area contributed by atoms with Gasteiger partial charge in [-0.25, -0.2) is 9.18 Å². The summed E-state index contributed by atoms with van der Waals surface area (Å²) in [7, 11) is 0. The van der Waals surface area contributed by atoms with Gasteiger partial charge in [-0.05, 0) is 43.6 Å². The fraction of sp³-hybridized carbons (Fsp3) is 0.500. The first-order valence-electron chi connectivity index (χ1n) is 8.21. The van der Waals surface area contributed by atoms with Crippen molar-refractivity contribution in [1.82, 2.24) is 4.90 Å². The van der Waals surface area contributed by atoms with Crippen LogP contribution in [0.15, 0.2) is 12.1 Å². The number of hydrogen-bond acceptors (Lipinski definition) is 3. The van der Waals surface area contributed by atoms with Gasteiger partial charge in [0.1, 0.15) is 5.82 Å². The van der Waals surface area contributed by atoms with Gasteiger partial charge in [-0.15, -0.1) is 0 Å². The third kappa shape index (κ3) is 4.47. The van der Waals surface area contributed by atoms with Gasteiger partial charge >= 0.3 is 6.09 Å². The summed E-state index contributed by atoms with van der Waals surface area (Å²) in [5, 5.41) is 18.0. The Kier molecular flexibility index (Phi) is 6.59. The molecule has 0 atom stereocenters. The molecule has 0 radical (unpaired) electrons. The van der Waals surface area contributed by atoms with Gasteiger partial charge in [0.2, 0.25) is 0 Å². The lowest BCUT2D eigenvalue weighted by molar-refractivity contribution is 0.201. The number of halogens is 1. The van der Waals surface area contributed by atoms with Crippen molar-refractivity contribution in [3.63, 3.8) is 0 Å². The van der Waals surface area contributed by atoms with E-state index in [-0.39, 0.29) is 6.61 Å². The SMILES string of the molecule is CCN(CCO)CCCC#Cc1cc2c(cc1F)N(C(=O)O)CC2. The van der Waals surface area contributed by atoms with Gasteiger partial charge in [0.15, 0.2) is 0 Å². The van der Waals surface area contributed by atoms with Gasteiger partial charge in [-0.2, -0.15) is 0 Å². The molecule has 0 spiro atoms. The predicted molar refractivity (Wildman–Crippen MR) is 90.8 cm³/mol. The van der Waals surface area contributed by atoms with Crippen molar-refractivity contribution in [1.29, 1.82) is 0 Å². The van der Waals surface area contributed by atoms with E-state index in [4.69, 9.17) is 10.2 Å². The highest BCUT2D eigenvalue weighted by atomic mass is 19.1. The van der Waals surface area contributed by atoms with E-state index in [1.165, 1.54) is 6.07 Å². The third-order valence-corrected chi connectivity index (χ3v) is 4.16. The molecular formula is C18H23FN2O3. The molecule has 2 N–H and O–H groups in total. The van der Waals surface area contributed by atoms with E-state index in [1.807, 2.05) is 6.92 Å². The number of anilines is 1. The van der Waals surface area contributed by atoms with Crippen LogP contribution in [0, 0.1) is 17.7 Å². The third-order valence-electron chi connectivity index (χ3n) is 4.16. The maximum atomic E-state index is 14.1. The molecule has 0 saturated heterocycles. The van der Waals surface area contributed by atoms with Crippen LogP contribution in [-0.4, -0.2) is 54.0 Å². The first kappa shape index (κ1) is 18.2. The molecule has 1 aromatic carbocycles. The zero-order chi connectivity index (χ0) is 17.5. The van der Waals surface area contributed by atoms with Crippen LogP contribution in [0.25, 0.3) is 0 Å². The number of unbranched alkanes of at least 4 members (excludes halogenated alkanes) is 1. The molecule has 1 heterocycles. The molecule has 1 aliphatic heterocycles. The molecule has 0 unspecified atom stereocenters. The monoisotopic (exact) mass is 334 g/mol. The summed E-state index contributed by atoms with van der Waals surface area (Å²) in [4.78, 5) is 14.4. The second kappa shape index (κ2) is 8.67. The van der Waals surface area contributed by atoms with Crippen molar-refractivity contribution in [3.05, 3.63) is 29.1 Å². The van der Waals surface area contributed by atoms with Gasteiger partial charge in [0, 0.05) is 19.5 Å². The highest BCUT2D eigenvalue weighted by molar-refractivity contribution is 5.89. The van der Waals surface area contributed by atoms with Gasteiger partial charge in [-0.3, -0.25) is 4.90 Å². The molecule has 6 heteroatoms. The summed E-state index contributed by atoms with van der Waals surface area (Å²) in [6.45, 7) is 4.94. The second-order valence-electron chi connectivity index (χ2n) is 5.71. The molecule has 0 bridgehead atoms. The largest absolute Gasteiger partial charge is 0.465 e. The van der Waals surface area contributed by atoms with Gasteiger partial charge < -0.3 is 15.1 Å². The van der Waals surface area contributed by atoms with Crippen molar-refractivity contribution >= 4 is 11.8 Å². The smallest absolute Gasteiger partial charge is 0.411 e. The molecule has 0 aromatic heterocycles. The maximum Gasteiger partial charge on any atom is 0.411 e. The van der Waals surface area contributed by atoms with Crippen LogP contribution in [0.5, 0.6) is 0 Å². The predicted octanol–water partition coefficient (Wildman–Crippen LogP) is 2.31. The summed E-state index contributed by atoms with van der Waals surface area (Å²) >= 11 is 0. The van der Waals surface area contributed by atoms with Crippen molar-refractivity contribution in [2.24, 2.45) is 0 Å².